The summed E-state index contributed by atoms with van der Waals surface area (Å²) in [6, 6.07) is 10.2. The Morgan fingerprint density at radius 1 is 1.09 bits per heavy atom. The summed E-state index contributed by atoms with van der Waals surface area (Å²) in [5.74, 6) is 0.114. The summed E-state index contributed by atoms with van der Waals surface area (Å²) in [7, 11) is 0. The molecule has 1 heterocycles. The third-order valence-corrected chi connectivity index (χ3v) is 4.40. The Kier molecular flexibility index (Phi) is 3.56. The predicted octanol–water partition coefficient (Wildman–Crippen LogP) is 5.20. The molecule has 0 aliphatic heterocycles. The normalized spacial score (nSPS) is 12.0. The molecule has 0 saturated heterocycles. The van der Waals surface area contributed by atoms with Gasteiger partial charge in [-0.15, -0.1) is 11.3 Å². The van der Waals surface area contributed by atoms with E-state index in [0.717, 1.165) is 20.2 Å². The van der Waals surface area contributed by atoms with Gasteiger partial charge >= 0.3 is 6.18 Å². The number of hydrogen-bond donors (Lipinski definition) is 0. The maximum Gasteiger partial charge on any atom is 0.422 e. The number of fused-ring (bicyclic) bond motifs is 3. The first-order valence-electron chi connectivity index (χ1n) is 6.50. The first-order chi connectivity index (χ1) is 10.3. The van der Waals surface area contributed by atoms with Crippen LogP contribution >= 0.6 is 11.3 Å². The molecule has 0 N–H and O–H groups in total. The van der Waals surface area contributed by atoms with Gasteiger partial charge in [-0.05, 0) is 43.3 Å². The summed E-state index contributed by atoms with van der Waals surface area (Å²) in [6.07, 6.45) is -4.37. The zero-order valence-corrected chi connectivity index (χ0v) is 12.3. The van der Waals surface area contributed by atoms with Crippen LogP contribution in [0.4, 0.5) is 13.2 Å². The van der Waals surface area contributed by atoms with Gasteiger partial charge in [0.05, 0.1) is 0 Å². The van der Waals surface area contributed by atoms with Crippen LogP contribution < -0.4 is 4.74 Å². The van der Waals surface area contributed by atoms with E-state index in [1.807, 2.05) is 6.07 Å². The van der Waals surface area contributed by atoms with Crippen LogP contribution in [0.1, 0.15) is 17.3 Å². The molecule has 2 aromatic carbocycles. The van der Waals surface area contributed by atoms with Crippen LogP contribution in [0.3, 0.4) is 0 Å². The second kappa shape index (κ2) is 5.28. The fraction of sp³-hybridized carbons (Fsp3) is 0.188. The minimum absolute atomic E-state index is 0.0503. The van der Waals surface area contributed by atoms with Gasteiger partial charge in [0.15, 0.2) is 12.4 Å². The Morgan fingerprint density at radius 2 is 1.73 bits per heavy atom. The van der Waals surface area contributed by atoms with Crippen molar-refractivity contribution >= 4 is 37.3 Å². The van der Waals surface area contributed by atoms with Gasteiger partial charge in [-0.2, -0.15) is 13.2 Å². The third kappa shape index (κ3) is 2.92. The van der Waals surface area contributed by atoms with Gasteiger partial charge in [-0.1, -0.05) is 0 Å². The molecule has 0 aliphatic carbocycles. The summed E-state index contributed by atoms with van der Waals surface area (Å²) in [4.78, 5) is 11.5. The Balaban J connectivity index is 2.07. The van der Waals surface area contributed by atoms with E-state index in [9.17, 15) is 18.0 Å². The lowest BCUT2D eigenvalue weighted by atomic mass is 10.1. The molecule has 0 amide bonds. The molecule has 0 atom stereocenters. The highest BCUT2D eigenvalue weighted by atomic mass is 32.1. The second-order valence-corrected chi connectivity index (χ2v) is 6.01. The zero-order valence-electron chi connectivity index (χ0n) is 11.5. The van der Waals surface area contributed by atoms with Crippen molar-refractivity contribution in [1.29, 1.82) is 0 Å². The monoisotopic (exact) mass is 324 g/mol. The van der Waals surface area contributed by atoms with Crippen LogP contribution in [0.5, 0.6) is 5.75 Å². The standard InChI is InChI=1S/C16H11F3O2S/c1-9(20)10-2-4-14-12(6-10)13-7-11(3-5-15(13)22-14)21-8-16(17,18)19/h2-7H,8H2,1H3. The van der Waals surface area contributed by atoms with Crippen LogP contribution in [0.25, 0.3) is 20.2 Å². The zero-order chi connectivity index (χ0) is 15.9. The number of halogens is 3. The number of ketones is 1. The van der Waals surface area contributed by atoms with Gasteiger partial charge < -0.3 is 4.74 Å². The van der Waals surface area contributed by atoms with Crippen LogP contribution in [0.15, 0.2) is 36.4 Å². The molecule has 0 saturated carbocycles. The summed E-state index contributed by atoms with van der Waals surface area (Å²) in [5.41, 5.74) is 0.578. The third-order valence-electron chi connectivity index (χ3n) is 3.25. The van der Waals surface area contributed by atoms with E-state index in [1.165, 1.54) is 24.3 Å². The lowest BCUT2D eigenvalue weighted by molar-refractivity contribution is -0.153. The van der Waals surface area contributed by atoms with Crippen LogP contribution in [0.2, 0.25) is 0 Å². The number of alkyl halides is 3. The Bertz CT molecular complexity index is 865. The SMILES string of the molecule is CC(=O)c1ccc2sc3ccc(OCC(F)(F)F)cc3c2c1. The molecule has 0 fully saturated rings. The molecule has 0 aliphatic rings. The number of carbonyl (C=O) groups is 1. The fourth-order valence-electron chi connectivity index (χ4n) is 2.23. The lowest BCUT2D eigenvalue weighted by Gasteiger charge is -2.09. The molecule has 6 heteroatoms. The van der Waals surface area contributed by atoms with E-state index >= 15 is 0 Å². The Morgan fingerprint density at radius 3 is 2.36 bits per heavy atom. The van der Waals surface area contributed by atoms with Crippen molar-refractivity contribution in [3.05, 3.63) is 42.0 Å². The van der Waals surface area contributed by atoms with E-state index in [-0.39, 0.29) is 11.5 Å². The van der Waals surface area contributed by atoms with Gasteiger partial charge in [-0.25, -0.2) is 0 Å². The maximum atomic E-state index is 12.2. The molecule has 22 heavy (non-hydrogen) atoms. The van der Waals surface area contributed by atoms with E-state index < -0.39 is 12.8 Å². The summed E-state index contributed by atoms with van der Waals surface area (Å²) >= 11 is 1.53. The molecule has 3 aromatic rings. The number of ether oxygens (including phenoxy) is 1. The first kappa shape index (κ1) is 14.8. The van der Waals surface area contributed by atoms with Crippen molar-refractivity contribution in [3.63, 3.8) is 0 Å². The van der Waals surface area contributed by atoms with Crippen molar-refractivity contribution in [2.45, 2.75) is 13.1 Å². The Labute approximate surface area is 128 Å². The van der Waals surface area contributed by atoms with Crippen molar-refractivity contribution in [2.75, 3.05) is 6.61 Å². The number of Topliss-reactive ketones (excluding diaryl/α,β-unsaturated/α-hetero) is 1. The highest BCUT2D eigenvalue weighted by Gasteiger charge is 2.28. The average molecular weight is 324 g/mol. The van der Waals surface area contributed by atoms with Crippen LogP contribution in [0, 0.1) is 0 Å². The number of carbonyl (C=O) groups excluding carboxylic acids is 1. The van der Waals surface area contributed by atoms with Gasteiger partial charge in [0.1, 0.15) is 5.75 Å². The fourth-order valence-corrected chi connectivity index (χ4v) is 3.30. The summed E-state index contributed by atoms with van der Waals surface area (Å²) < 4.78 is 43.4. The van der Waals surface area contributed by atoms with E-state index in [2.05, 4.69) is 0 Å². The molecule has 0 spiro atoms. The van der Waals surface area contributed by atoms with Crippen LogP contribution in [-0.2, 0) is 0 Å². The number of rotatable bonds is 3. The quantitative estimate of drug-likeness (QED) is 0.619. The second-order valence-electron chi connectivity index (χ2n) is 4.93. The molecule has 0 radical (unpaired) electrons. The Hall–Kier alpha value is -2.08. The topological polar surface area (TPSA) is 26.3 Å². The lowest BCUT2D eigenvalue weighted by Crippen LogP contribution is -2.19. The van der Waals surface area contributed by atoms with E-state index in [1.54, 1.807) is 24.3 Å². The van der Waals surface area contributed by atoms with Gasteiger partial charge in [-0.3, -0.25) is 4.79 Å². The molecule has 0 bridgehead atoms. The summed E-state index contributed by atoms with van der Waals surface area (Å²) in [5, 5.41) is 1.65. The molecule has 1 aromatic heterocycles. The smallest absolute Gasteiger partial charge is 0.422 e. The minimum atomic E-state index is -4.37. The number of thiophene rings is 1. The molecular weight excluding hydrogens is 313 g/mol. The largest absolute Gasteiger partial charge is 0.484 e. The molecule has 3 rings (SSSR count). The van der Waals surface area contributed by atoms with Crippen molar-refractivity contribution < 1.29 is 22.7 Å². The highest BCUT2D eigenvalue weighted by molar-refractivity contribution is 7.25. The van der Waals surface area contributed by atoms with Gasteiger partial charge in [0.2, 0.25) is 0 Å². The van der Waals surface area contributed by atoms with Crippen molar-refractivity contribution in [3.8, 4) is 5.75 Å². The van der Waals surface area contributed by atoms with Gasteiger partial charge in [0.25, 0.3) is 0 Å². The van der Waals surface area contributed by atoms with E-state index in [4.69, 9.17) is 4.74 Å². The first-order valence-corrected chi connectivity index (χ1v) is 7.32. The molecule has 0 unspecified atom stereocenters. The molecular formula is C16H11F3O2S. The van der Waals surface area contributed by atoms with Crippen LogP contribution in [-0.4, -0.2) is 18.6 Å². The maximum absolute atomic E-state index is 12.2. The number of benzene rings is 2. The van der Waals surface area contributed by atoms with Crippen molar-refractivity contribution in [1.82, 2.24) is 0 Å². The molecule has 2 nitrogen and oxygen atoms in total. The predicted molar refractivity (Wildman–Crippen MR) is 80.9 cm³/mol. The van der Waals surface area contributed by atoms with E-state index in [0.29, 0.717) is 5.56 Å². The molecule has 114 valence electrons. The number of hydrogen-bond acceptors (Lipinski definition) is 3. The summed E-state index contributed by atoms with van der Waals surface area (Å²) in [6.45, 7) is 0.160. The average Bonchev–Trinajstić information content (AvgIpc) is 2.81. The van der Waals surface area contributed by atoms with Crippen molar-refractivity contribution in [2.24, 2.45) is 0 Å². The van der Waals surface area contributed by atoms with Gasteiger partial charge in [0, 0.05) is 25.7 Å². The highest BCUT2D eigenvalue weighted by Crippen LogP contribution is 2.36. The minimum Gasteiger partial charge on any atom is -0.484 e.